The molecule has 0 unspecified atom stereocenters. The van der Waals surface area contributed by atoms with Crippen LogP contribution in [0.3, 0.4) is 0 Å². The Bertz CT molecular complexity index is 564. The highest BCUT2D eigenvalue weighted by Gasteiger charge is 2.12. The molecule has 0 fully saturated rings. The summed E-state index contributed by atoms with van der Waals surface area (Å²) >= 11 is 0. The van der Waals surface area contributed by atoms with E-state index in [9.17, 15) is 9.18 Å². The molecule has 0 aliphatic heterocycles. The summed E-state index contributed by atoms with van der Waals surface area (Å²) in [5.41, 5.74) is 7.22. The number of carbonyl (C=O) groups is 1. The standard InChI is InChI=1S/C11H11FN4O/c1-6-8(5-14-16-6)11(17)15-10-3-2-7(12)4-9(10)13/h2-5H,13H2,1H3,(H,14,16)(H,15,17). The van der Waals surface area contributed by atoms with Crippen molar-refractivity contribution >= 4 is 17.3 Å². The number of amides is 1. The zero-order chi connectivity index (χ0) is 12.4. The maximum absolute atomic E-state index is 12.8. The van der Waals surface area contributed by atoms with Crippen LogP contribution >= 0.6 is 0 Å². The second-order valence-electron chi connectivity index (χ2n) is 3.59. The molecule has 17 heavy (non-hydrogen) atoms. The Morgan fingerprint density at radius 2 is 2.29 bits per heavy atom. The first-order chi connectivity index (χ1) is 8.08. The number of H-pyrrole nitrogens is 1. The van der Waals surface area contributed by atoms with E-state index >= 15 is 0 Å². The average molecular weight is 234 g/mol. The minimum absolute atomic E-state index is 0.180. The number of nitrogens with one attached hydrogen (secondary N) is 2. The molecule has 1 heterocycles. The monoisotopic (exact) mass is 234 g/mol. The smallest absolute Gasteiger partial charge is 0.259 e. The van der Waals surface area contributed by atoms with Crippen molar-refractivity contribution in [1.82, 2.24) is 10.2 Å². The van der Waals surface area contributed by atoms with Gasteiger partial charge in [-0.3, -0.25) is 9.89 Å². The summed E-state index contributed by atoms with van der Waals surface area (Å²) in [6.07, 6.45) is 1.42. The van der Waals surface area contributed by atoms with Crippen molar-refractivity contribution in [2.75, 3.05) is 11.1 Å². The zero-order valence-electron chi connectivity index (χ0n) is 9.12. The summed E-state index contributed by atoms with van der Waals surface area (Å²) in [7, 11) is 0. The Morgan fingerprint density at radius 1 is 1.53 bits per heavy atom. The Kier molecular flexibility index (Phi) is 2.78. The molecule has 5 nitrogen and oxygen atoms in total. The molecule has 2 aromatic rings. The van der Waals surface area contributed by atoms with Crippen molar-refractivity contribution in [3.05, 3.63) is 41.5 Å². The van der Waals surface area contributed by atoms with Gasteiger partial charge in [0.05, 0.1) is 23.1 Å². The summed E-state index contributed by atoms with van der Waals surface area (Å²) in [4.78, 5) is 11.8. The molecular formula is C11H11FN4O. The van der Waals surface area contributed by atoms with Gasteiger partial charge in [-0.1, -0.05) is 0 Å². The third-order valence-corrected chi connectivity index (χ3v) is 2.34. The molecule has 2 rings (SSSR count). The van der Waals surface area contributed by atoms with Gasteiger partial charge in [0.1, 0.15) is 5.82 Å². The van der Waals surface area contributed by atoms with Gasteiger partial charge in [0, 0.05) is 5.69 Å². The molecule has 4 N–H and O–H groups in total. The predicted molar refractivity (Wildman–Crippen MR) is 62.1 cm³/mol. The molecule has 1 amide bonds. The lowest BCUT2D eigenvalue weighted by Gasteiger charge is -2.07. The van der Waals surface area contributed by atoms with Crippen LogP contribution in [0.15, 0.2) is 24.4 Å². The topological polar surface area (TPSA) is 83.8 Å². The van der Waals surface area contributed by atoms with Crippen LogP contribution in [0.4, 0.5) is 15.8 Å². The fourth-order valence-electron chi connectivity index (χ4n) is 1.42. The molecule has 0 bridgehead atoms. The molecule has 0 radical (unpaired) electrons. The fourth-order valence-corrected chi connectivity index (χ4v) is 1.42. The van der Waals surface area contributed by atoms with Crippen LogP contribution in [0, 0.1) is 12.7 Å². The molecule has 0 atom stereocenters. The summed E-state index contributed by atoms with van der Waals surface area (Å²) < 4.78 is 12.8. The Morgan fingerprint density at radius 3 is 2.88 bits per heavy atom. The molecule has 1 aromatic carbocycles. The lowest BCUT2D eigenvalue weighted by atomic mass is 10.2. The highest BCUT2D eigenvalue weighted by molar-refractivity contribution is 6.06. The maximum atomic E-state index is 12.8. The number of aromatic nitrogens is 2. The van der Waals surface area contributed by atoms with Crippen molar-refractivity contribution in [2.24, 2.45) is 0 Å². The number of hydrogen-bond donors (Lipinski definition) is 3. The van der Waals surface area contributed by atoms with Crippen molar-refractivity contribution < 1.29 is 9.18 Å². The van der Waals surface area contributed by atoms with Crippen LogP contribution in [-0.2, 0) is 0 Å². The largest absolute Gasteiger partial charge is 0.397 e. The van der Waals surface area contributed by atoms with E-state index in [1.54, 1.807) is 6.92 Å². The lowest BCUT2D eigenvalue weighted by Crippen LogP contribution is -2.13. The fraction of sp³-hybridized carbons (Fsp3) is 0.0909. The summed E-state index contributed by atoms with van der Waals surface area (Å²) in [5, 5.41) is 8.99. The molecule has 0 aliphatic rings. The van der Waals surface area contributed by atoms with Gasteiger partial charge in [-0.25, -0.2) is 4.39 Å². The predicted octanol–water partition coefficient (Wildman–Crippen LogP) is 1.69. The number of aryl methyl sites for hydroxylation is 1. The van der Waals surface area contributed by atoms with Crippen molar-refractivity contribution in [3.8, 4) is 0 Å². The summed E-state index contributed by atoms with van der Waals surface area (Å²) in [6.45, 7) is 1.73. The highest BCUT2D eigenvalue weighted by atomic mass is 19.1. The van der Waals surface area contributed by atoms with Gasteiger partial charge in [-0.2, -0.15) is 5.10 Å². The third-order valence-electron chi connectivity index (χ3n) is 2.34. The molecule has 1 aromatic heterocycles. The van der Waals surface area contributed by atoms with E-state index in [0.717, 1.165) is 6.07 Å². The van der Waals surface area contributed by atoms with Crippen LogP contribution in [0.2, 0.25) is 0 Å². The number of aromatic amines is 1. The molecule has 0 saturated carbocycles. The molecular weight excluding hydrogens is 223 g/mol. The highest BCUT2D eigenvalue weighted by Crippen LogP contribution is 2.20. The molecule has 0 spiro atoms. The van der Waals surface area contributed by atoms with Gasteiger partial charge < -0.3 is 11.1 Å². The maximum Gasteiger partial charge on any atom is 0.259 e. The first-order valence-electron chi connectivity index (χ1n) is 4.94. The van der Waals surface area contributed by atoms with E-state index in [0.29, 0.717) is 16.9 Å². The van der Waals surface area contributed by atoms with Crippen LogP contribution in [0.5, 0.6) is 0 Å². The van der Waals surface area contributed by atoms with Crippen LogP contribution in [-0.4, -0.2) is 16.1 Å². The second kappa shape index (κ2) is 4.25. The SMILES string of the molecule is Cc1[nH]ncc1C(=O)Nc1ccc(F)cc1N. The quantitative estimate of drug-likeness (QED) is 0.691. The number of nitrogen functional groups attached to an aromatic ring is 1. The van der Waals surface area contributed by atoms with Gasteiger partial charge in [0.15, 0.2) is 0 Å². The van der Waals surface area contributed by atoms with Crippen LogP contribution < -0.4 is 11.1 Å². The normalized spacial score (nSPS) is 10.2. The number of rotatable bonds is 2. The number of carbonyl (C=O) groups excluding carboxylic acids is 1. The Labute approximate surface area is 96.8 Å². The van der Waals surface area contributed by atoms with Crippen LogP contribution in [0.25, 0.3) is 0 Å². The minimum Gasteiger partial charge on any atom is -0.397 e. The van der Waals surface area contributed by atoms with E-state index < -0.39 is 5.82 Å². The summed E-state index contributed by atoms with van der Waals surface area (Å²) in [6, 6.07) is 3.80. The van der Waals surface area contributed by atoms with Gasteiger partial charge in [0.2, 0.25) is 0 Å². The second-order valence-corrected chi connectivity index (χ2v) is 3.59. The van der Waals surface area contributed by atoms with Crippen molar-refractivity contribution in [3.63, 3.8) is 0 Å². The number of benzene rings is 1. The van der Waals surface area contributed by atoms with Gasteiger partial charge in [-0.05, 0) is 25.1 Å². The molecule has 0 aliphatic carbocycles. The number of halogens is 1. The lowest BCUT2D eigenvalue weighted by molar-refractivity contribution is 0.102. The number of hydrogen-bond acceptors (Lipinski definition) is 3. The van der Waals surface area contributed by atoms with Crippen LogP contribution in [0.1, 0.15) is 16.1 Å². The average Bonchev–Trinajstić information content (AvgIpc) is 2.68. The third kappa shape index (κ3) is 2.25. The van der Waals surface area contributed by atoms with E-state index in [4.69, 9.17) is 5.73 Å². The molecule has 6 heteroatoms. The van der Waals surface area contributed by atoms with Gasteiger partial charge in [-0.15, -0.1) is 0 Å². The van der Waals surface area contributed by atoms with Crippen molar-refractivity contribution in [2.45, 2.75) is 6.92 Å². The van der Waals surface area contributed by atoms with E-state index in [1.165, 1.54) is 18.3 Å². The zero-order valence-corrected chi connectivity index (χ0v) is 9.12. The first-order valence-corrected chi connectivity index (χ1v) is 4.94. The minimum atomic E-state index is -0.444. The molecule has 0 saturated heterocycles. The number of nitrogens with zero attached hydrogens (tertiary/aromatic N) is 1. The van der Waals surface area contributed by atoms with Gasteiger partial charge in [0.25, 0.3) is 5.91 Å². The van der Waals surface area contributed by atoms with E-state index in [-0.39, 0.29) is 11.6 Å². The van der Waals surface area contributed by atoms with E-state index in [2.05, 4.69) is 15.5 Å². The first kappa shape index (κ1) is 11.1. The summed E-state index contributed by atoms with van der Waals surface area (Å²) in [5.74, 6) is -0.783. The number of anilines is 2. The Balaban J connectivity index is 2.22. The number of nitrogens with two attached hydrogens (primary N) is 1. The Hall–Kier alpha value is -2.37. The van der Waals surface area contributed by atoms with Gasteiger partial charge >= 0.3 is 0 Å². The van der Waals surface area contributed by atoms with Crippen molar-refractivity contribution in [1.29, 1.82) is 0 Å². The van der Waals surface area contributed by atoms with E-state index in [1.807, 2.05) is 0 Å². The molecule has 88 valence electrons.